The average Bonchev–Trinajstić information content (AvgIpc) is 3.00. The lowest BCUT2D eigenvalue weighted by Gasteiger charge is -2.25. The molecule has 0 unspecified atom stereocenters. The zero-order valence-electron chi connectivity index (χ0n) is 16.2. The zero-order chi connectivity index (χ0) is 21.3. The second kappa shape index (κ2) is 7.91. The third-order valence-electron chi connectivity index (χ3n) is 5.13. The standard InChI is InChI=1S/C24H19FN2O3/c1-15-4-6-18(7-5-15)22(28)20-21(17-8-10-19(25)11-9-17)27(24(30)23(20)29)14-16-3-2-12-26-13-16/h2-13,21,28H,14H2,1H3/b22-20+/t21-/m1/s1. The fraction of sp³-hybridized carbons (Fsp3) is 0.125. The van der Waals surface area contributed by atoms with Crippen molar-refractivity contribution in [3.05, 3.63) is 107 Å². The van der Waals surface area contributed by atoms with Crippen molar-refractivity contribution in [2.45, 2.75) is 19.5 Å². The third kappa shape index (κ3) is 3.59. The summed E-state index contributed by atoms with van der Waals surface area (Å²) in [5.74, 6) is -2.18. The van der Waals surface area contributed by atoms with Gasteiger partial charge in [-0.15, -0.1) is 0 Å². The molecule has 1 N–H and O–H groups in total. The number of carbonyl (C=O) groups is 2. The van der Waals surface area contributed by atoms with Crippen LogP contribution in [0.2, 0.25) is 0 Å². The first-order valence-electron chi connectivity index (χ1n) is 9.45. The minimum atomic E-state index is -0.841. The Balaban J connectivity index is 1.85. The Morgan fingerprint density at radius 3 is 2.40 bits per heavy atom. The maximum Gasteiger partial charge on any atom is 0.295 e. The highest BCUT2D eigenvalue weighted by Gasteiger charge is 2.46. The molecule has 0 spiro atoms. The summed E-state index contributed by atoms with van der Waals surface area (Å²) in [6.45, 7) is 2.04. The van der Waals surface area contributed by atoms with Gasteiger partial charge < -0.3 is 10.0 Å². The second-order valence-corrected chi connectivity index (χ2v) is 7.21. The third-order valence-corrected chi connectivity index (χ3v) is 5.13. The summed E-state index contributed by atoms with van der Waals surface area (Å²) in [4.78, 5) is 31.3. The molecule has 150 valence electrons. The number of aryl methyl sites for hydroxylation is 1. The summed E-state index contributed by atoms with van der Waals surface area (Å²) in [6, 6.07) is 15.3. The van der Waals surface area contributed by atoms with Crippen molar-refractivity contribution >= 4 is 17.4 Å². The highest BCUT2D eigenvalue weighted by Crippen LogP contribution is 2.40. The van der Waals surface area contributed by atoms with Crippen molar-refractivity contribution in [1.82, 2.24) is 9.88 Å². The molecule has 1 amide bonds. The van der Waals surface area contributed by atoms with Crippen molar-refractivity contribution < 1.29 is 19.1 Å². The highest BCUT2D eigenvalue weighted by atomic mass is 19.1. The van der Waals surface area contributed by atoms with Gasteiger partial charge in [0.2, 0.25) is 0 Å². The summed E-state index contributed by atoms with van der Waals surface area (Å²) in [5.41, 5.74) is 2.69. The van der Waals surface area contributed by atoms with E-state index in [0.717, 1.165) is 11.1 Å². The van der Waals surface area contributed by atoms with E-state index in [1.807, 2.05) is 19.1 Å². The van der Waals surface area contributed by atoms with Crippen LogP contribution < -0.4 is 0 Å². The Bertz CT molecular complexity index is 1120. The smallest absolute Gasteiger partial charge is 0.295 e. The van der Waals surface area contributed by atoms with Crippen LogP contribution in [0.5, 0.6) is 0 Å². The molecule has 1 aliphatic rings. The van der Waals surface area contributed by atoms with E-state index in [1.165, 1.54) is 29.2 Å². The van der Waals surface area contributed by atoms with Crippen LogP contribution in [-0.2, 0) is 16.1 Å². The van der Waals surface area contributed by atoms with E-state index in [4.69, 9.17) is 0 Å². The van der Waals surface area contributed by atoms with Crippen LogP contribution in [-0.4, -0.2) is 26.7 Å². The largest absolute Gasteiger partial charge is 0.507 e. The molecule has 0 radical (unpaired) electrons. The van der Waals surface area contributed by atoms with Crippen LogP contribution in [0.3, 0.4) is 0 Å². The molecule has 2 aromatic carbocycles. The number of amides is 1. The number of pyridine rings is 1. The first kappa shape index (κ1) is 19.5. The van der Waals surface area contributed by atoms with Crippen LogP contribution in [0.4, 0.5) is 4.39 Å². The first-order valence-corrected chi connectivity index (χ1v) is 9.45. The highest BCUT2D eigenvalue weighted by molar-refractivity contribution is 6.46. The average molecular weight is 402 g/mol. The number of nitrogens with zero attached hydrogens (tertiary/aromatic N) is 2. The maximum atomic E-state index is 13.5. The van der Waals surface area contributed by atoms with Gasteiger partial charge in [0.05, 0.1) is 11.6 Å². The Morgan fingerprint density at radius 1 is 1.07 bits per heavy atom. The van der Waals surface area contributed by atoms with Gasteiger partial charge in [-0.3, -0.25) is 14.6 Å². The molecule has 1 aromatic heterocycles. The van der Waals surface area contributed by atoms with Crippen LogP contribution in [0, 0.1) is 12.7 Å². The lowest BCUT2D eigenvalue weighted by molar-refractivity contribution is -0.140. The maximum absolute atomic E-state index is 13.5. The number of hydrogen-bond acceptors (Lipinski definition) is 4. The fourth-order valence-corrected chi connectivity index (χ4v) is 3.59. The summed E-state index contributed by atoms with van der Waals surface area (Å²) in [7, 11) is 0. The predicted molar refractivity (Wildman–Crippen MR) is 110 cm³/mol. The van der Waals surface area contributed by atoms with Crippen molar-refractivity contribution in [2.75, 3.05) is 0 Å². The molecule has 30 heavy (non-hydrogen) atoms. The van der Waals surface area contributed by atoms with E-state index in [2.05, 4.69) is 4.98 Å². The van der Waals surface area contributed by atoms with Gasteiger partial charge >= 0.3 is 0 Å². The van der Waals surface area contributed by atoms with E-state index >= 15 is 0 Å². The van der Waals surface area contributed by atoms with E-state index in [9.17, 15) is 19.1 Å². The molecule has 2 heterocycles. The summed E-state index contributed by atoms with van der Waals surface area (Å²) in [6.07, 6.45) is 3.23. The molecule has 1 fully saturated rings. The molecule has 4 rings (SSSR count). The van der Waals surface area contributed by atoms with Crippen molar-refractivity contribution in [3.63, 3.8) is 0 Å². The van der Waals surface area contributed by atoms with Gasteiger partial charge in [-0.2, -0.15) is 0 Å². The number of carbonyl (C=O) groups excluding carboxylic acids is 2. The minimum Gasteiger partial charge on any atom is -0.507 e. The van der Waals surface area contributed by atoms with Gasteiger partial charge in [0.25, 0.3) is 11.7 Å². The van der Waals surface area contributed by atoms with Gasteiger partial charge in [-0.25, -0.2) is 4.39 Å². The molecule has 1 aliphatic heterocycles. The molecule has 1 atom stereocenters. The number of aliphatic hydroxyl groups is 1. The Hall–Kier alpha value is -3.80. The van der Waals surface area contributed by atoms with E-state index in [1.54, 1.807) is 36.7 Å². The number of Topliss-reactive ketones (excluding diaryl/α,β-unsaturated/α-hetero) is 1. The lowest BCUT2D eigenvalue weighted by Crippen LogP contribution is -2.29. The van der Waals surface area contributed by atoms with E-state index in [-0.39, 0.29) is 17.9 Å². The Kier molecular flexibility index (Phi) is 5.14. The molecule has 0 saturated carbocycles. The summed E-state index contributed by atoms with van der Waals surface area (Å²) in [5, 5.41) is 11.0. The van der Waals surface area contributed by atoms with Crippen LogP contribution in [0.25, 0.3) is 5.76 Å². The molecule has 0 aliphatic carbocycles. The number of aliphatic hydroxyl groups excluding tert-OH is 1. The van der Waals surface area contributed by atoms with E-state index < -0.39 is 23.5 Å². The molecule has 0 bridgehead atoms. The van der Waals surface area contributed by atoms with Crippen LogP contribution in [0.15, 0.2) is 78.6 Å². The molecule has 6 heteroatoms. The Labute approximate surface area is 173 Å². The molecule has 1 saturated heterocycles. The normalized spacial score (nSPS) is 18.1. The Morgan fingerprint density at radius 2 is 1.77 bits per heavy atom. The molecular weight excluding hydrogens is 383 g/mol. The van der Waals surface area contributed by atoms with Crippen molar-refractivity contribution in [2.24, 2.45) is 0 Å². The van der Waals surface area contributed by atoms with Gasteiger partial charge in [-0.05, 0) is 36.2 Å². The number of halogens is 1. The number of ketones is 1. The number of aromatic nitrogens is 1. The van der Waals surface area contributed by atoms with E-state index in [0.29, 0.717) is 11.1 Å². The van der Waals surface area contributed by atoms with Gasteiger partial charge in [-0.1, -0.05) is 48.0 Å². The van der Waals surface area contributed by atoms with Crippen molar-refractivity contribution in [1.29, 1.82) is 0 Å². The lowest BCUT2D eigenvalue weighted by atomic mass is 9.95. The van der Waals surface area contributed by atoms with Gasteiger partial charge in [0.1, 0.15) is 11.6 Å². The first-order chi connectivity index (χ1) is 14.5. The number of rotatable bonds is 4. The predicted octanol–water partition coefficient (Wildman–Crippen LogP) is 4.15. The monoisotopic (exact) mass is 402 g/mol. The minimum absolute atomic E-state index is 0.0145. The molecule has 5 nitrogen and oxygen atoms in total. The summed E-state index contributed by atoms with van der Waals surface area (Å²) < 4.78 is 13.5. The molecule has 3 aromatic rings. The van der Waals surface area contributed by atoms with Crippen LogP contribution in [0.1, 0.15) is 28.3 Å². The number of likely N-dealkylation sites (tertiary alicyclic amines) is 1. The van der Waals surface area contributed by atoms with Crippen molar-refractivity contribution in [3.8, 4) is 0 Å². The van der Waals surface area contributed by atoms with Gasteiger partial charge in [0, 0.05) is 24.5 Å². The number of benzene rings is 2. The topological polar surface area (TPSA) is 70.5 Å². The fourth-order valence-electron chi connectivity index (χ4n) is 3.59. The zero-order valence-corrected chi connectivity index (χ0v) is 16.2. The molecular formula is C24H19FN2O3. The quantitative estimate of drug-likeness (QED) is 0.404. The van der Waals surface area contributed by atoms with Crippen LogP contribution >= 0.6 is 0 Å². The second-order valence-electron chi connectivity index (χ2n) is 7.21. The summed E-state index contributed by atoms with van der Waals surface area (Å²) >= 11 is 0. The SMILES string of the molecule is Cc1ccc(/C(O)=C2\C(=O)C(=O)N(Cc3cccnc3)[C@@H]2c2ccc(F)cc2)cc1. The van der Waals surface area contributed by atoms with Gasteiger partial charge in [0.15, 0.2) is 0 Å². The number of hydrogen-bond donors (Lipinski definition) is 1.